The summed E-state index contributed by atoms with van der Waals surface area (Å²) in [6.45, 7) is 6.17. The van der Waals surface area contributed by atoms with Crippen molar-refractivity contribution in [3.05, 3.63) is 96.6 Å². The van der Waals surface area contributed by atoms with Gasteiger partial charge in [-0.2, -0.15) is 0 Å². The van der Waals surface area contributed by atoms with Gasteiger partial charge in [-0.25, -0.2) is 0 Å². The Hall–Kier alpha value is -2.36. The van der Waals surface area contributed by atoms with Gasteiger partial charge in [-0.15, -0.1) is 0 Å². The minimum Gasteiger partial charge on any atom is -0.396 e. The predicted octanol–water partition coefficient (Wildman–Crippen LogP) is 2.59. The summed E-state index contributed by atoms with van der Waals surface area (Å²) in [5.41, 5.74) is 0.950. The molecule has 0 saturated carbocycles. The van der Waals surface area contributed by atoms with Gasteiger partial charge in [0, 0.05) is 0 Å². The monoisotopic (exact) mass is 508 g/mol. The zero-order chi connectivity index (χ0) is 25.8. The fraction of sp³-hybridized carbons (Fsp3) is 0.379. The van der Waals surface area contributed by atoms with Crippen LogP contribution in [0.25, 0.3) is 0 Å². The van der Waals surface area contributed by atoms with Crippen LogP contribution in [0.2, 0.25) is 5.04 Å². The maximum atomic E-state index is 11.4. The highest BCUT2D eigenvalue weighted by atomic mass is 28.4. The van der Waals surface area contributed by atoms with E-state index in [0.717, 1.165) is 15.9 Å². The summed E-state index contributed by atoms with van der Waals surface area (Å²) in [7, 11) is -3.04. The van der Waals surface area contributed by atoms with E-state index in [1.54, 1.807) is 0 Å². The van der Waals surface area contributed by atoms with Gasteiger partial charge in [-0.05, 0) is 21.0 Å². The molecule has 3 aromatic rings. The van der Waals surface area contributed by atoms with Crippen LogP contribution in [0.4, 0.5) is 0 Å². The maximum absolute atomic E-state index is 11.4. The molecular weight excluding hydrogens is 472 g/mol. The van der Waals surface area contributed by atoms with E-state index in [4.69, 9.17) is 13.9 Å². The van der Waals surface area contributed by atoms with Gasteiger partial charge in [0.1, 0.15) is 24.4 Å². The number of hydrogen-bond acceptors (Lipinski definition) is 6. The first kappa shape index (κ1) is 26.7. The van der Waals surface area contributed by atoms with E-state index in [9.17, 15) is 15.3 Å². The number of aliphatic hydroxyl groups is 3. The van der Waals surface area contributed by atoms with E-state index in [2.05, 4.69) is 45.0 Å². The number of benzene rings is 3. The van der Waals surface area contributed by atoms with E-state index in [0.29, 0.717) is 0 Å². The summed E-state index contributed by atoms with van der Waals surface area (Å²) in [4.78, 5) is 0. The third-order valence-corrected chi connectivity index (χ3v) is 11.8. The first-order valence-corrected chi connectivity index (χ1v) is 14.3. The first-order chi connectivity index (χ1) is 17.3. The van der Waals surface area contributed by atoms with Gasteiger partial charge in [0.25, 0.3) is 8.32 Å². The molecule has 3 aromatic carbocycles. The van der Waals surface area contributed by atoms with Crippen LogP contribution in [0.1, 0.15) is 26.3 Å². The van der Waals surface area contributed by atoms with Crippen LogP contribution in [-0.4, -0.2) is 60.9 Å². The minimum absolute atomic E-state index is 0.251. The topological polar surface area (TPSA) is 88.4 Å². The van der Waals surface area contributed by atoms with Crippen LogP contribution in [0.5, 0.6) is 0 Å². The molecule has 0 radical (unpaired) electrons. The second-order valence-corrected chi connectivity index (χ2v) is 14.5. The van der Waals surface area contributed by atoms with Gasteiger partial charge in [0.2, 0.25) is 0 Å². The summed E-state index contributed by atoms with van der Waals surface area (Å²) in [6, 6.07) is 29.9. The van der Waals surface area contributed by atoms with Crippen molar-refractivity contribution in [1.82, 2.24) is 0 Å². The summed E-state index contributed by atoms with van der Waals surface area (Å²) in [5.74, 6) is 0. The van der Waals surface area contributed by atoms with E-state index in [1.807, 2.05) is 66.7 Å². The zero-order valence-corrected chi connectivity index (χ0v) is 22.0. The van der Waals surface area contributed by atoms with Gasteiger partial charge in [0.05, 0.1) is 13.2 Å². The largest absolute Gasteiger partial charge is 0.396 e. The standard InChI is InChI=1S/C29H36O6Si/c1-29(2,3)36(22-15-9-5-10-16-22,23-17-11-6-12-18-23)35-27-25(32)26(24(31)19-30)34-28(27)33-20-21-13-7-4-8-14-21/h4-18,24-28,30-32H,19-20H2,1-3H3/t24-,25+,26+,27-,28+/m1/s1. The molecule has 1 saturated heterocycles. The normalized spacial score (nSPS) is 23.5. The molecule has 6 nitrogen and oxygen atoms in total. The van der Waals surface area contributed by atoms with Gasteiger partial charge >= 0.3 is 0 Å². The van der Waals surface area contributed by atoms with E-state index < -0.39 is 45.6 Å². The highest BCUT2D eigenvalue weighted by Gasteiger charge is 2.57. The van der Waals surface area contributed by atoms with Crippen molar-refractivity contribution in [2.24, 2.45) is 0 Å². The van der Waals surface area contributed by atoms with E-state index in [1.165, 1.54) is 0 Å². The lowest BCUT2D eigenvalue weighted by molar-refractivity contribution is -0.183. The Bertz CT molecular complexity index is 1030. The number of ether oxygens (including phenoxy) is 2. The first-order valence-electron chi connectivity index (χ1n) is 12.3. The summed E-state index contributed by atoms with van der Waals surface area (Å²) in [6.07, 6.45) is -5.33. The van der Waals surface area contributed by atoms with Crippen molar-refractivity contribution >= 4 is 18.7 Å². The average Bonchev–Trinajstić information content (AvgIpc) is 3.21. The van der Waals surface area contributed by atoms with Crippen LogP contribution in [-0.2, 0) is 20.5 Å². The molecule has 7 heteroatoms. The van der Waals surface area contributed by atoms with Crippen LogP contribution in [0.3, 0.4) is 0 Å². The Balaban J connectivity index is 1.77. The van der Waals surface area contributed by atoms with Gasteiger partial charge in [-0.3, -0.25) is 0 Å². The Labute approximate surface area is 214 Å². The molecule has 192 valence electrons. The quantitative estimate of drug-likeness (QED) is 0.385. The minimum atomic E-state index is -3.04. The van der Waals surface area contributed by atoms with Crippen molar-refractivity contribution in [3.63, 3.8) is 0 Å². The van der Waals surface area contributed by atoms with E-state index >= 15 is 0 Å². The Morgan fingerprint density at radius 1 is 0.861 bits per heavy atom. The van der Waals surface area contributed by atoms with Crippen molar-refractivity contribution in [1.29, 1.82) is 0 Å². The van der Waals surface area contributed by atoms with Gasteiger partial charge < -0.3 is 29.2 Å². The predicted molar refractivity (Wildman–Crippen MR) is 141 cm³/mol. The second-order valence-electron chi connectivity index (χ2n) is 10.3. The van der Waals surface area contributed by atoms with Gasteiger partial charge in [0.15, 0.2) is 6.29 Å². The Morgan fingerprint density at radius 3 is 1.83 bits per heavy atom. The highest BCUT2D eigenvalue weighted by Crippen LogP contribution is 2.40. The van der Waals surface area contributed by atoms with Crippen molar-refractivity contribution in [2.45, 2.75) is 63.1 Å². The van der Waals surface area contributed by atoms with Crippen molar-refractivity contribution in [2.75, 3.05) is 6.61 Å². The number of aliphatic hydroxyl groups excluding tert-OH is 3. The van der Waals surface area contributed by atoms with Crippen LogP contribution in [0, 0.1) is 0 Å². The van der Waals surface area contributed by atoms with Crippen molar-refractivity contribution < 1.29 is 29.2 Å². The fourth-order valence-corrected chi connectivity index (χ4v) is 9.66. The lowest BCUT2D eigenvalue weighted by Gasteiger charge is -2.45. The van der Waals surface area contributed by atoms with Crippen LogP contribution >= 0.6 is 0 Å². The second kappa shape index (κ2) is 11.4. The molecule has 0 unspecified atom stereocenters. The summed E-state index contributed by atoms with van der Waals surface area (Å²) < 4.78 is 19.3. The molecule has 1 aliphatic rings. The molecule has 3 N–H and O–H groups in total. The number of rotatable bonds is 9. The highest BCUT2D eigenvalue weighted by molar-refractivity contribution is 6.99. The molecule has 5 atom stereocenters. The van der Waals surface area contributed by atoms with Crippen molar-refractivity contribution in [3.8, 4) is 0 Å². The lowest BCUT2D eigenvalue weighted by atomic mass is 10.1. The molecule has 1 fully saturated rings. The molecule has 1 heterocycles. The SMILES string of the molecule is CC(C)(C)[Si](O[C@H]1[C@@H](OCc2ccccc2)O[C@@H]([C@H](O)CO)[C@@H]1O)(c1ccccc1)c1ccccc1. The molecule has 36 heavy (non-hydrogen) atoms. The number of hydrogen-bond donors (Lipinski definition) is 3. The Morgan fingerprint density at radius 2 is 1.36 bits per heavy atom. The smallest absolute Gasteiger partial charge is 0.261 e. The molecule has 0 aromatic heterocycles. The third kappa shape index (κ3) is 5.33. The summed E-state index contributed by atoms with van der Waals surface area (Å²) >= 11 is 0. The van der Waals surface area contributed by atoms with E-state index in [-0.39, 0.29) is 11.6 Å². The maximum Gasteiger partial charge on any atom is 0.261 e. The van der Waals surface area contributed by atoms with Gasteiger partial charge in [-0.1, -0.05) is 112 Å². The van der Waals surface area contributed by atoms with Crippen LogP contribution in [0.15, 0.2) is 91.0 Å². The fourth-order valence-electron chi connectivity index (χ4n) is 4.99. The zero-order valence-electron chi connectivity index (χ0n) is 21.0. The lowest BCUT2D eigenvalue weighted by Crippen LogP contribution is -2.69. The molecule has 0 amide bonds. The molecule has 1 aliphatic heterocycles. The molecular formula is C29H36O6Si. The molecule has 0 aliphatic carbocycles. The average molecular weight is 509 g/mol. The Kier molecular flexibility index (Phi) is 8.42. The molecule has 4 rings (SSSR count). The van der Waals surface area contributed by atoms with Crippen LogP contribution < -0.4 is 10.4 Å². The summed E-state index contributed by atoms with van der Waals surface area (Å²) in [5, 5.41) is 33.2. The molecule has 0 spiro atoms. The third-order valence-electron chi connectivity index (χ3n) is 6.79. The molecule has 0 bridgehead atoms.